The van der Waals surface area contributed by atoms with E-state index in [2.05, 4.69) is 0 Å². The standard InChI is InChI=1S/C6H8FNS/c7-6-4-9-3-5(6)1-2-8/h5-6H,1,3-4H2/t5-,6+/m0/s1. The molecule has 1 aliphatic rings. The molecule has 1 aliphatic heterocycles. The maximum absolute atomic E-state index is 12.6. The highest BCUT2D eigenvalue weighted by Gasteiger charge is 2.26. The number of nitriles is 1. The number of hydrogen-bond acceptors (Lipinski definition) is 2. The number of alkyl halides is 1. The van der Waals surface area contributed by atoms with Crippen LogP contribution in [0.2, 0.25) is 0 Å². The van der Waals surface area contributed by atoms with Gasteiger partial charge in [0.2, 0.25) is 0 Å². The fraction of sp³-hybridized carbons (Fsp3) is 0.833. The van der Waals surface area contributed by atoms with Gasteiger partial charge in [-0.05, 0) is 5.75 Å². The first-order valence-electron chi connectivity index (χ1n) is 2.93. The minimum atomic E-state index is -0.727. The summed E-state index contributed by atoms with van der Waals surface area (Å²) in [5.41, 5.74) is 0. The second-order valence-corrected chi connectivity index (χ2v) is 3.25. The van der Waals surface area contributed by atoms with Crippen molar-refractivity contribution in [1.82, 2.24) is 0 Å². The highest BCUT2D eigenvalue weighted by atomic mass is 32.2. The lowest BCUT2D eigenvalue weighted by molar-refractivity contribution is 0.288. The molecule has 9 heavy (non-hydrogen) atoms. The van der Waals surface area contributed by atoms with E-state index >= 15 is 0 Å². The van der Waals surface area contributed by atoms with Gasteiger partial charge in [0.25, 0.3) is 0 Å². The van der Waals surface area contributed by atoms with Gasteiger partial charge in [0.1, 0.15) is 6.17 Å². The lowest BCUT2D eigenvalue weighted by atomic mass is 10.1. The highest BCUT2D eigenvalue weighted by Crippen LogP contribution is 2.28. The zero-order chi connectivity index (χ0) is 6.69. The Balaban J connectivity index is 2.33. The largest absolute Gasteiger partial charge is 0.246 e. The third-order valence-electron chi connectivity index (χ3n) is 1.47. The van der Waals surface area contributed by atoms with Crippen molar-refractivity contribution in [3.8, 4) is 6.07 Å². The van der Waals surface area contributed by atoms with E-state index in [9.17, 15) is 4.39 Å². The Bertz CT molecular complexity index is 132. The zero-order valence-corrected chi connectivity index (χ0v) is 5.83. The molecule has 0 unspecified atom stereocenters. The Labute approximate surface area is 58.2 Å². The summed E-state index contributed by atoms with van der Waals surface area (Å²) in [6.07, 6.45) is -0.344. The van der Waals surface area contributed by atoms with E-state index in [0.29, 0.717) is 12.2 Å². The molecule has 0 N–H and O–H groups in total. The molecule has 1 nitrogen and oxygen atoms in total. The molecular weight excluding hydrogens is 137 g/mol. The van der Waals surface area contributed by atoms with Crippen molar-refractivity contribution in [3.05, 3.63) is 0 Å². The molecule has 1 rings (SSSR count). The van der Waals surface area contributed by atoms with Crippen molar-refractivity contribution in [3.63, 3.8) is 0 Å². The molecule has 0 radical (unpaired) electrons. The Morgan fingerprint density at radius 3 is 2.89 bits per heavy atom. The van der Waals surface area contributed by atoms with E-state index in [4.69, 9.17) is 5.26 Å². The molecule has 1 heterocycles. The Morgan fingerprint density at radius 2 is 2.44 bits per heavy atom. The molecule has 0 saturated carbocycles. The van der Waals surface area contributed by atoms with Crippen LogP contribution in [-0.4, -0.2) is 17.7 Å². The molecule has 1 fully saturated rings. The minimum Gasteiger partial charge on any atom is -0.246 e. The molecule has 0 aromatic carbocycles. The first kappa shape index (κ1) is 6.88. The van der Waals surface area contributed by atoms with Gasteiger partial charge in [0.05, 0.1) is 6.07 Å². The van der Waals surface area contributed by atoms with Gasteiger partial charge in [0.15, 0.2) is 0 Å². The van der Waals surface area contributed by atoms with Gasteiger partial charge in [-0.1, -0.05) is 0 Å². The van der Waals surface area contributed by atoms with Gasteiger partial charge in [-0.2, -0.15) is 17.0 Å². The average Bonchev–Trinajstić information content (AvgIpc) is 2.18. The summed E-state index contributed by atoms with van der Waals surface area (Å²) < 4.78 is 12.6. The van der Waals surface area contributed by atoms with Crippen molar-refractivity contribution in [2.45, 2.75) is 12.6 Å². The molecule has 0 spiro atoms. The predicted molar refractivity (Wildman–Crippen MR) is 35.9 cm³/mol. The van der Waals surface area contributed by atoms with Crippen LogP contribution < -0.4 is 0 Å². The van der Waals surface area contributed by atoms with E-state index < -0.39 is 6.17 Å². The van der Waals surface area contributed by atoms with Gasteiger partial charge >= 0.3 is 0 Å². The van der Waals surface area contributed by atoms with Crippen LogP contribution in [0.1, 0.15) is 6.42 Å². The minimum absolute atomic E-state index is 0.0139. The van der Waals surface area contributed by atoms with Crippen LogP contribution in [-0.2, 0) is 0 Å². The van der Waals surface area contributed by atoms with Crippen LogP contribution >= 0.6 is 11.8 Å². The number of rotatable bonds is 1. The lowest BCUT2D eigenvalue weighted by Gasteiger charge is -2.03. The quantitative estimate of drug-likeness (QED) is 0.559. The summed E-state index contributed by atoms with van der Waals surface area (Å²) in [4.78, 5) is 0. The van der Waals surface area contributed by atoms with Gasteiger partial charge in [-0.25, -0.2) is 4.39 Å². The molecule has 0 amide bonds. The summed E-state index contributed by atoms with van der Waals surface area (Å²) in [5.74, 6) is 1.43. The summed E-state index contributed by atoms with van der Waals surface area (Å²) in [6.45, 7) is 0. The number of hydrogen-bond donors (Lipinski definition) is 0. The van der Waals surface area contributed by atoms with Crippen molar-refractivity contribution in [2.24, 2.45) is 5.92 Å². The summed E-state index contributed by atoms with van der Waals surface area (Å²) in [6, 6.07) is 1.99. The molecule has 0 aliphatic carbocycles. The molecular formula is C6H8FNS. The van der Waals surface area contributed by atoms with Gasteiger partial charge in [0, 0.05) is 18.1 Å². The zero-order valence-electron chi connectivity index (χ0n) is 5.01. The normalized spacial score (nSPS) is 34.2. The fourth-order valence-electron chi connectivity index (χ4n) is 0.877. The monoisotopic (exact) mass is 145 g/mol. The summed E-state index contributed by atoms with van der Waals surface area (Å²) >= 11 is 1.60. The second-order valence-electron chi connectivity index (χ2n) is 2.18. The molecule has 1 saturated heterocycles. The Morgan fingerprint density at radius 1 is 1.67 bits per heavy atom. The van der Waals surface area contributed by atoms with Gasteiger partial charge < -0.3 is 0 Å². The van der Waals surface area contributed by atoms with E-state index in [1.165, 1.54) is 0 Å². The lowest BCUT2D eigenvalue weighted by Crippen LogP contribution is -2.11. The first-order chi connectivity index (χ1) is 4.34. The number of nitrogens with zero attached hydrogens (tertiary/aromatic N) is 1. The molecule has 3 heteroatoms. The van der Waals surface area contributed by atoms with Crippen molar-refractivity contribution in [1.29, 1.82) is 5.26 Å². The van der Waals surface area contributed by atoms with Gasteiger partial charge in [-0.3, -0.25) is 0 Å². The molecule has 2 atom stereocenters. The van der Waals surface area contributed by atoms with Gasteiger partial charge in [-0.15, -0.1) is 0 Å². The van der Waals surface area contributed by atoms with Crippen molar-refractivity contribution in [2.75, 3.05) is 11.5 Å². The molecule has 0 aromatic heterocycles. The maximum atomic E-state index is 12.6. The van der Waals surface area contributed by atoms with E-state index in [1.807, 2.05) is 6.07 Å². The van der Waals surface area contributed by atoms with Crippen molar-refractivity contribution >= 4 is 11.8 Å². The van der Waals surface area contributed by atoms with E-state index in [1.54, 1.807) is 11.8 Å². The van der Waals surface area contributed by atoms with Crippen LogP contribution in [0.5, 0.6) is 0 Å². The summed E-state index contributed by atoms with van der Waals surface area (Å²) in [5, 5.41) is 8.22. The summed E-state index contributed by atoms with van der Waals surface area (Å²) in [7, 11) is 0. The van der Waals surface area contributed by atoms with Crippen LogP contribution in [0, 0.1) is 17.2 Å². The third-order valence-corrected chi connectivity index (χ3v) is 2.69. The van der Waals surface area contributed by atoms with Crippen LogP contribution in [0.3, 0.4) is 0 Å². The molecule has 50 valence electrons. The second kappa shape index (κ2) is 3.07. The first-order valence-corrected chi connectivity index (χ1v) is 4.09. The Hall–Kier alpha value is -0.230. The molecule has 0 aromatic rings. The smallest absolute Gasteiger partial charge is 0.114 e. The SMILES string of the molecule is N#CC[C@H]1CSC[C@H]1F. The van der Waals surface area contributed by atoms with E-state index in [-0.39, 0.29) is 5.92 Å². The van der Waals surface area contributed by atoms with Crippen LogP contribution in [0.4, 0.5) is 4.39 Å². The van der Waals surface area contributed by atoms with E-state index in [0.717, 1.165) is 5.75 Å². The maximum Gasteiger partial charge on any atom is 0.114 e. The molecule has 0 bridgehead atoms. The number of halogens is 1. The van der Waals surface area contributed by atoms with Crippen LogP contribution in [0.15, 0.2) is 0 Å². The predicted octanol–water partition coefficient (Wildman–Crippen LogP) is 1.60. The van der Waals surface area contributed by atoms with Crippen LogP contribution in [0.25, 0.3) is 0 Å². The third kappa shape index (κ3) is 1.59. The highest BCUT2D eigenvalue weighted by molar-refractivity contribution is 7.99. The Kier molecular flexibility index (Phi) is 2.35. The van der Waals surface area contributed by atoms with Crippen molar-refractivity contribution < 1.29 is 4.39 Å². The fourth-order valence-corrected chi connectivity index (χ4v) is 2.14. The number of thioether (sulfide) groups is 1. The topological polar surface area (TPSA) is 23.8 Å². The average molecular weight is 145 g/mol.